The number of aromatic nitrogens is 2. The maximum Gasteiger partial charge on any atom is 0.237 e. The molecule has 2 fully saturated rings. The average Bonchev–Trinajstić information content (AvgIpc) is 3.16. The molecular weight excluding hydrogens is 436 g/mol. The van der Waals surface area contributed by atoms with E-state index in [4.69, 9.17) is 0 Å². The number of likely N-dealkylation sites (N-methyl/N-ethyl adjacent to an activating group) is 1. The van der Waals surface area contributed by atoms with Gasteiger partial charge in [-0.3, -0.25) is 4.79 Å². The molecule has 1 amide bonds. The molecule has 9 heteroatoms. The molecule has 4 unspecified atom stereocenters. The molecule has 1 aromatic carbocycles. The molecule has 4 atom stereocenters. The second kappa shape index (κ2) is 6.79. The van der Waals surface area contributed by atoms with E-state index in [9.17, 15) is 22.0 Å². The predicted octanol–water partition coefficient (Wildman–Crippen LogP) is 3.08. The maximum absolute atomic E-state index is 14.4. The number of amides is 1. The number of benzene rings is 1. The van der Waals surface area contributed by atoms with E-state index >= 15 is 0 Å². The lowest BCUT2D eigenvalue weighted by Gasteiger charge is -2.42. The van der Waals surface area contributed by atoms with Crippen molar-refractivity contribution in [2.45, 2.75) is 38.0 Å². The largest absolute Gasteiger partial charge is 0.341 e. The Morgan fingerprint density at radius 2 is 1.94 bits per heavy atom. The van der Waals surface area contributed by atoms with Gasteiger partial charge in [-0.15, -0.1) is 0 Å². The summed E-state index contributed by atoms with van der Waals surface area (Å²) >= 11 is 0. The average molecular weight is 462 g/mol. The minimum Gasteiger partial charge on any atom is -0.341 e. The van der Waals surface area contributed by atoms with Gasteiger partial charge >= 0.3 is 0 Å². The van der Waals surface area contributed by atoms with E-state index in [1.165, 1.54) is 18.2 Å². The van der Waals surface area contributed by atoms with Gasteiger partial charge in [0.05, 0.1) is 17.0 Å². The van der Waals surface area contributed by atoms with Crippen LogP contribution in [0.25, 0.3) is 11.3 Å². The molecular formula is C23H25F2N3O3S. The van der Waals surface area contributed by atoms with Crippen molar-refractivity contribution in [1.82, 2.24) is 15.1 Å². The van der Waals surface area contributed by atoms with Crippen LogP contribution >= 0.6 is 0 Å². The molecule has 0 spiro atoms. The van der Waals surface area contributed by atoms with Crippen LogP contribution in [-0.2, 0) is 20.0 Å². The number of nitrogens with zero attached hydrogens (tertiary/aromatic N) is 3. The molecule has 32 heavy (non-hydrogen) atoms. The molecule has 4 aliphatic carbocycles. The molecule has 1 heterocycles. The Bertz CT molecular complexity index is 1230. The monoisotopic (exact) mass is 461 g/mol. The second-order valence-electron chi connectivity index (χ2n) is 9.86. The van der Waals surface area contributed by atoms with Crippen LogP contribution in [-0.4, -0.2) is 54.5 Å². The summed E-state index contributed by atoms with van der Waals surface area (Å²) in [6, 6.07) is 5.47. The van der Waals surface area contributed by atoms with E-state index in [1.807, 2.05) is 6.92 Å². The van der Waals surface area contributed by atoms with Crippen molar-refractivity contribution in [3.05, 3.63) is 47.2 Å². The van der Waals surface area contributed by atoms with Crippen molar-refractivity contribution < 1.29 is 22.0 Å². The number of rotatable bonds is 6. The van der Waals surface area contributed by atoms with Crippen molar-refractivity contribution in [3.8, 4) is 11.3 Å². The normalized spacial score (nSPS) is 29.5. The molecule has 2 saturated carbocycles. The summed E-state index contributed by atoms with van der Waals surface area (Å²) in [5.74, 6) is -1.62. The van der Waals surface area contributed by atoms with Crippen LogP contribution < -0.4 is 0 Å². The summed E-state index contributed by atoms with van der Waals surface area (Å²) in [5.41, 5.74) is 1.35. The summed E-state index contributed by atoms with van der Waals surface area (Å²) in [7, 11) is -3.44. The number of hydrogen-bond donors (Lipinski definition) is 0. The van der Waals surface area contributed by atoms with Gasteiger partial charge in [0.15, 0.2) is 9.84 Å². The Morgan fingerprint density at radius 1 is 1.25 bits per heavy atom. The molecule has 170 valence electrons. The Balaban J connectivity index is 1.54. The highest BCUT2D eigenvalue weighted by Gasteiger charge is 2.75. The quantitative estimate of drug-likeness (QED) is 0.661. The van der Waals surface area contributed by atoms with E-state index in [1.54, 1.807) is 11.0 Å². The van der Waals surface area contributed by atoms with Crippen LogP contribution in [0.1, 0.15) is 43.9 Å². The van der Waals surface area contributed by atoms with Gasteiger partial charge in [0.25, 0.3) is 0 Å². The molecule has 1 aromatic heterocycles. The van der Waals surface area contributed by atoms with E-state index < -0.39 is 38.5 Å². The molecule has 4 aliphatic rings. The number of hydrogen-bond acceptors (Lipinski definition) is 5. The lowest BCUT2D eigenvalue weighted by Crippen LogP contribution is -2.48. The lowest BCUT2D eigenvalue weighted by atomic mass is 9.67. The molecule has 0 saturated heterocycles. The molecule has 2 aromatic rings. The zero-order valence-corrected chi connectivity index (χ0v) is 19.0. The Labute approximate surface area is 186 Å². The van der Waals surface area contributed by atoms with Crippen molar-refractivity contribution in [2.24, 2.45) is 11.3 Å². The highest BCUT2D eigenvalue weighted by atomic mass is 32.2. The van der Waals surface area contributed by atoms with E-state index in [0.29, 0.717) is 19.0 Å². The van der Waals surface area contributed by atoms with E-state index in [2.05, 4.69) is 17.1 Å². The first kappa shape index (κ1) is 21.4. The first-order valence-corrected chi connectivity index (χ1v) is 12.8. The fourth-order valence-electron chi connectivity index (χ4n) is 6.40. The minimum absolute atomic E-state index is 0.0559. The summed E-state index contributed by atoms with van der Waals surface area (Å²) in [6.07, 6.45) is 2.75. The number of carbonyl (C=O) groups is 1. The summed E-state index contributed by atoms with van der Waals surface area (Å²) in [6.45, 7) is 4.80. The first-order valence-electron chi connectivity index (χ1n) is 10.8. The molecule has 4 bridgehead atoms. The van der Waals surface area contributed by atoms with Crippen LogP contribution in [0, 0.1) is 23.0 Å². The zero-order chi connectivity index (χ0) is 23.1. The van der Waals surface area contributed by atoms with Gasteiger partial charge in [-0.2, -0.15) is 10.2 Å². The Kier molecular flexibility index (Phi) is 4.55. The molecule has 0 aliphatic heterocycles. The van der Waals surface area contributed by atoms with Crippen LogP contribution in [0.3, 0.4) is 0 Å². The Morgan fingerprint density at radius 3 is 2.50 bits per heavy atom. The summed E-state index contributed by atoms with van der Waals surface area (Å²) < 4.78 is 52.0. The summed E-state index contributed by atoms with van der Waals surface area (Å²) in [5, 5.41) is 8.65. The van der Waals surface area contributed by atoms with Gasteiger partial charge in [0, 0.05) is 24.8 Å². The van der Waals surface area contributed by atoms with Crippen molar-refractivity contribution in [1.29, 1.82) is 0 Å². The predicted molar refractivity (Wildman–Crippen MR) is 115 cm³/mol. The topological polar surface area (TPSA) is 80.2 Å². The number of sulfone groups is 1. The van der Waals surface area contributed by atoms with E-state index in [-0.39, 0.29) is 22.6 Å². The summed E-state index contributed by atoms with van der Waals surface area (Å²) in [4.78, 5) is 14.3. The van der Waals surface area contributed by atoms with Crippen molar-refractivity contribution in [2.75, 3.05) is 25.1 Å². The first-order chi connectivity index (χ1) is 15.0. The van der Waals surface area contributed by atoms with Crippen LogP contribution in [0.5, 0.6) is 0 Å². The fourth-order valence-corrected chi connectivity index (χ4v) is 7.03. The van der Waals surface area contributed by atoms with Gasteiger partial charge in [-0.25, -0.2) is 17.2 Å². The van der Waals surface area contributed by atoms with Crippen LogP contribution in [0.15, 0.2) is 24.3 Å². The van der Waals surface area contributed by atoms with Gasteiger partial charge in [0.1, 0.15) is 17.4 Å². The minimum atomic E-state index is -3.44. The fraction of sp³-hybridized carbons (Fsp3) is 0.522. The standard InChI is InChI=1S/C23H25F2N3O3S/c1-4-28(18(29)10-32(3,30)31)12-23-9-14-20(22(14,2)11-23)13-8-17(26-27-21(13)23)19-15(24)6-5-7-16(19)25/h5-8,14,20H,4,9-12H2,1-3H3. The second-order valence-corrected chi connectivity index (χ2v) is 12.0. The van der Waals surface area contributed by atoms with Gasteiger partial charge in [0.2, 0.25) is 5.91 Å². The van der Waals surface area contributed by atoms with Gasteiger partial charge in [-0.1, -0.05) is 13.0 Å². The third-order valence-corrected chi connectivity index (χ3v) is 8.45. The van der Waals surface area contributed by atoms with Crippen molar-refractivity contribution in [3.63, 3.8) is 0 Å². The van der Waals surface area contributed by atoms with Gasteiger partial charge < -0.3 is 4.90 Å². The van der Waals surface area contributed by atoms with Crippen molar-refractivity contribution >= 4 is 15.7 Å². The van der Waals surface area contributed by atoms with Crippen LogP contribution in [0.4, 0.5) is 8.78 Å². The van der Waals surface area contributed by atoms with E-state index in [0.717, 1.165) is 30.4 Å². The van der Waals surface area contributed by atoms with Gasteiger partial charge in [-0.05, 0) is 60.8 Å². The zero-order valence-electron chi connectivity index (χ0n) is 18.2. The highest BCUT2D eigenvalue weighted by molar-refractivity contribution is 7.91. The maximum atomic E-state index is 14.4. The number of carbonyl (C=O) groups excluding carboxylic acids is 1. The number of halogens is 2. The smallest absolute Gasteiger partial charge is 0.237 e. The Hall–Kier alpha value is -2.42. The van der Waals surface area contributed by atoms with Crippen LogP contribution in [0.2, 0.25) is 0 Å². The highest BCUT2D eigenvalue weighted by Crippen LogP contribution is 2.81. The third kappa shape index (κ3) is 3.08. The third-order valence-electron chi connectivity index (χ3n) is 7.67. The SMILES string of the molecule is CCN(CC12CC3C(c4cc(-c5c(F)cccc5F)nnc41)C3(C)C2)C(=O)CS(C)(=O)=O. The molecule has 0 radical (unpaired) electrons. The molecule has 0 N–H and O–H groups in total. The molecule has 6 rings (SSSR count). The molecule has 6 nitrogen and oxygen atoms in total. The lowest BCUT2D eigenvalue weighted by molar-refractivity contribution is -0.129.